The van der Waals surface area contributed by atoms with E-state index in [4.69, 9.17) is 5.11 Å². The Morgan fingerprint density at radius 3 is 2.07 bits per heavy atom. The summed E-state index contributed by atoms with van der Waals surface area (Å²) in [5, 5.41) is 9.10. The van der Waals surface area contributed by atoms with E-state index in [0.717, 1.165) is 38.5 Å². The van der Waals surface area contributed by atoms with Crippen LogP contribution in [-0.2, 0) is 4.79 Å². The van der Waals surface area contributed by atoms with E-state index in [-0.39, 0.29) is 0 Å². The van der Waals surface area contributed by atoms with Crippen LogP contribution in [0.2, 0.25) is 0 Å². The number of carboxylic acids is 1. The monoisotopic (exact) mass is 199 g/mol. The Labute approximate surface area is 87.7 Å². The highest BCUT2D eigenvalue weighted by Crippen LogP contribution is 2.30. The Hall–Kier alpha value is -0.530. The molecule has 1 radical (unpaired) electrons. The maximum Gasteiger partial charge on any atom is 0.309 e. The first-order chi connectivity index (χ1) is 6.56. The third-order valence-corrected chi connectivity index (χ3v) is 2.72. The van der Waals surface area contributed by atoms with Crippen LogP contribution in [0.5, 0.6) is 0 Å². The first-order valence-corrected chi connectivity index (χ1v) is 5.65. The summed E-state index contributed by atoms with van der Waals surface area (Å²) in [6.45, 7) is 8.08. The molecule has 0 aliphatic heterocycles. The molecule has 0 amide bonds. The van der Waals surface area contributed by atoms with Crippen molar-refractivity contribution in [1.82, 2.24) is 0 Å². The number of rotatable bonds is 8. The van der Waals surface area contributed by atoms with E-state index in [2.05, 4.69) is 20.8 Å². The molecule has 0 saturated carbocycles. The van der Waals surface area contributed by atoms with Crippen LogP contribution in [0.3, 0.4) is 0 Å². The molecule has 2 nitrogen and oxygen atoms in total. The van der Waals surface area contributed by atoms with Crippen molar-refractivity contribution in [2.45, 2.75) is 58.8 Å². The lowest BCUT2D eigenvalue weighted by Gasteiger charge is -2.24. The van der Waals surface area contributed by atoms with Crippen LogP contribution in [0.25, 0.3) is 0 Å². The van der Waals surface area contributed by atoms with Gasteiger partial charge in [-0.2, -0.15) is 0 Å². The van der Waals surface area contributed by atoms with Crippen LogP contribution in [0, 0.1) is 12.3 Å². The zero-order valence-electron chi connectivity index (χ0n) is 9.51. The quantitative estimate of drug-likeness (QED) is 0.606. The fraction of sp³-hybridized carbons (Fsp3) is 0.833. The van der Waals surface area contributed by atoms with Gasteiger partial charge in [-0.1, -0.05) is 46.0 Å². The summed E-state index contributed by atoms with van der Waals surface area (Å²) in [5.74, 6) is -0.734. The normalized spacial score (nSPS) is 15.1. The van der Waals surface area contributed by atoms with Crippen LogP contribution in [-0.4, -0.2) is 11.1 Å². The molecule has 0 bridgehead atoms. The minimum atomic E-state index is -0.734. The second kappa shape index (κ2) is 6.86. The third kappa shape index (κ3) is 4.64. The maximum atomic E-state index is 11.1. The molecule has 0 aliphatic rings. The molecular weight excluding hydrogens is 176 g/mol. The molecule has 0 heterocycles. The summed E-state index contributed by atoms with van der Waals surface area (Å²) < 4.78 is 0. The zero-order valence-corrected chi connectivity index (χ0v) is 9.51. The van der Waals surface area contributed by atoms with Crippen molar-refractivity contribution in [1.29, 1.82) is 0 Å². The van der Waals surface area contributed by atoms with Gasteiger partial charge in [0.15, 0.2) is 0 Å². The van der Waals surface area contributed by atoms with Crippen molar-refractivity contribution >= 4 is 5.97 Å². The molecule has 2 heteroatoms. The second-order valence-electron chi connectivity index (χ2n) is 4.15. The van der Waals surface area contributed by atoms with Crippen molar-refractivity contribution in [2.24, 2.45) is 5.41 Å². The predicted octanol–water partition coefficient (Wildman–Crippen LogP) is 3.66. The molecule has 1 atom stereocenters. The lowest BCUT2D eigenvalue weighted by Crippen LogP contribution is -2.27. The van der Waals surface area contributed by atoms with E-state index in [1.165, 1.54) is 0 Å². The number of hydrogen-bond acceptors (Lipinski definition) is 1. The average Bonchev–Trinajstić information content (AvgIpc) is 2.15. The molecule has 1 N–H and O–H groups in total. The standard InChI is InChI=1S/C12H23O2/c1-4-6-8-10-12(3,11(13)14)9-7-5-2/h3-10H2,1-2H3,(H,13,14). The molecule has 0 fully saturated rings. The highest BCUT2D eigenvalue weighted by atomic mass is 16.4. The number of carbonyl (C=O) groups is 1. The fourth-order valence-electron chi connectivity index (χ4n) is 1.57. The first-order valence-electron chi connectivity index (χ1n) is 5.65. The Morgan fingerprint density at radius 2 is 1.64 bits per heavy atom. The summed E-state index contributed by atoms with van der Waals surface area (Å²) >= 11 is 0. The summed E-state index contributed by atoms with van der Waals surface area (Å²) in [6.07, 6.45) is 6.65. The molecule has 14 heavy (non-hydrogen) atoms. The van der Waals surface area contributed by atoms with E-state index in [1.54, 1.807) is 0 Å². The van der Waals surface area contributed by atoms with E-state index >= 15 is 0 Å². The van der Waals surface area contributed by atoms with Gasteiger partial charge in [-0.3, -0.25) is 4.79 Å². The molecule has 0 aromatic rings. The molecule has 0 saturated heterocycles. The van der Waals surface area contributed by atoms with Gasteiger partial charge in [-0.15, -0.1) is 0 Å². The van der Waals surface area contributed by atoms with Crippen molar-refractivity contribution in [3.8, 4) is 0 Å². The fourth-order valence-corrected chi connectivity index (χ4v) is 1.57. The minimum absolute atomic E-state index is 0.711. The SMILES string of the molecule is [CH2]C(CCCC)(CCCCC)C(=O)O. The lowest BCUT2D eigenvalue weighted by atomic mass is 9.80. The zero-order chi connectivity index (χ0) is 11.0. The molecular formula is C12H23O2. The van der Waals surface area contributed by atoms with Crippen molar-refractivity contribution in [2.75, 3.05) is 0 Å². The van der Waals surface area contributed by atoms with Gasteiger partial charge in [0.1, 0.15) is 0 Å². The topological polar surface area (TPSA) is 37.3 Å². The van der Waals surface area contributed by atoms with Gasteiger partial charge in [0.25, 0.3) is 0 Å². The Morgan fingerprint density at radius 1 is 1.14 bits per heavy atom. The molecule has 1 unspecified atom stereocenters. The molecule has 0 aromatic carbocycles. The van der Waals surface area contributed by atoms with Gasteiger partial charge in [-0.05, 0) is 19.8 Å². The molecule has 83 valence electrons. The Balaban J connectivity index is 4.03. The number of aliphatic carboxylic acids is 1. The average molecular weight is 199 g/mol. The largest absolute Gasteiger partial charge is 0.481 e. The molecule has 0 aromatic heterocycles. The number of carboxylic acid groups (broad SMARTS) is 1. The van der Waals surface area contributed by atoms with E-state index in [9.17, 15) is 4.79 Å². The third-order valence-electron chi connectivity index (χ3n) is 2.72. The van der Waals surface area contributed by atoms with Gasteiger partial charge in [0, 0.05) is 0 Å². The van der Waals surface area contributed by atoms with Crippen LogP contribution in [0.15, 0.2) is 0 Å². The number of unbranched alkanes of at least 4 members (excludes halogenated alkanes) is 3. The highest BCUT2D eigenvalue weighted by molar-refractivity contribution is 5.75. The van der Waals surface area contributed by atoms with Crippen molar-refractivity contribution in [3.05, 3.63) is 6.92 Å². The second-order valence-corrected chi connectivity index (χ2v) is 4.15. The highest BCUT2D eigenvalue weighted by Gasteiger charge is 2.31. The summed E-state index contributed by atoms with van der Waals surface area (Å²) in [7, 11) is 0. The van der Waals surface area contributed by atoms with Crippen LogP contribution >= 0.6 is 0 Å². The first kappa shape index (κ1) is 13.5. The summed E-state index contributed by atoms with van der Waals surface area (Å²) in [4.78, 5) is 11.1. The molecule has 0 aliphatic carbocycles. The van der Waals surface area contributed by atoms with Gasteiger partial charge >= 0.3 is 5.97 Å². The van der Waals surface area contributed by atoms with Gasteiger partial charge in [0.2, 0.25) is 0 Å². The lowest BCUT2D eigenvalue weighted by molar-refractivity contribution is -0.147. The summed E-state index contributed by atoms with van der Waals surface area (Å²) in [5.41, 5.74) is -0.731. The van der Waals surface area contributed by atoms with Crippen molar-refractivity contribution < 1.29 is 9.90 Å². The van der Waals surface area contributed by atoms with Gasteiger partial charge in [0.05, 0.1) is 5.41 Å². The predicted molar refractivity (Wildman–Crippen MR) is 59.1 cm³/mol. The van der Waals surface area contributed by atoms with E-state index in [1.807, 2.05) is 0 Å². The van der Waals surface area contributed by atoms with Crippen LogP contribution in [0.1, 0.15) is 58.8 Å². The van der Waals surface area contributed by atoms with Gasteiger partial charge < -0.3 is 5.11 Å². The molecule has 0 spiro atoms. The maximum absolute atomic E-state index is 11.1. The van der Waals surface area contributed by atoms with Crippen LogP contribution in [0.4, 0.5) is 0 Å². The number of hydrogen-bond donors (Lipinski definition) is 1. The van der Waals surface area contributed by atoms with E-state index in [0.29, 0.717) is 6.42 Å². The minimum Gasteiger partial charge on any atom is -0.481 e. The van der Waals surface area contributed by atoms with Crippen molar-refractivity contribution in [3.63, 3.8) is 0 Å². The smallest absolute Gasteiger partial charge is 0.309 e. The van der Waals surface area contributed by atoms with Gasteiger partial charge in [-0.25, -0.2) is 0 Å². The summed E-state index contributed by atoms with van der Waals surface area (Å²) in [6, 6.07) is 0. The molecule has 0 rings (SSSR count). The Kier molecular flexibility index (Phi) is 6.60. The van der Waals surface area contributed by atoms with Crippen LogP contribution < -0.4 is 0 Å². The van der Waals surface area contributed by atoms with E-state index < -0.39 is 11.4 Å². The Bertz CT molecular complexity index is 166.